The topological polar surface area (TPSA) is 78.0 Å². The van der Waals surface area contributed by atoms with Gasteiger partial charge in [-0.25, -0.2) is 12.7 Å². The number of rotatable bonds is 6. The summed E-state index contributed by atoms with van der Waals surface area (Å²) in [5.41, 5.74) is 0.459. The lowest BCUT2D eigenvalue weighted by atomic mass is 9.94. The molecule has 0 aromatic heterocycles. The molecule has 1 heterocycles. The van der Waals surface area contributed by atoms with E-state index in [9.17, 15) is 18.0 Å². The number of hydrogen-bond donors (Lipinski definition) is 0. The predicted octanol–water partition coefficient (Wildman–Crippen LogP) is 1.66. The van der Waals surface area contributed by atoms with Gasteiger partial charge in [0, 0.05) is 51.8 Å². The first-order valence-corrected chi connectivity index (χ1v) is 10.8. The minimum absolute atomic E-state index is 0.0263. The van der Waals surface area contributed by atoms with Gasteiger partial charge in [0.1, 0.15) is 0 Å². The highest BCUT2D eigenvalue weighted by atomic mass is 32.2. The minimum Gasteiger partial charge on any atom is -0.343 e. The Labute approximate surface area is 162 Å². The molecule has 2 rings (SSSR count). The lowest BCUT2D eigenvalue weighted by Crippen LogP contribution is -2.44. The Bertz CT molecular complexity index is 763. The SMILES string of the molecule is CCN(CC)C(=O)C1CCN(C(=O)c2ccc(S(=O)(=O)N(C)C)cc2)CC1. The zero-order valence-electron chi connectivity index (χ0n) is 16.5. The van der Waals surface area contributed by atoms with Crippen molar-refractivity contribution >= 4 is 21.8 Å². The van der Waals surface area contributed by atoms with Crippen LogP contribution in [0.1, 0.15) is 37.0 Å². The van der Waals surface area contributed by atoms with E-state index >= 15 is 0 Å². The van der Waals surface area contributed by atoms with Crippen molar-refractivity contribution in [3.63, 3.8) is 0 Å². The second-order valence-electron chi connectivity index (χ2n) is 6.89. The lowest BCUT2D eigenvalue weighted by molar-refractivity contribution is -0.136. The number of carbonyl (C=O) groups excluding carboxylic acids is 2. The molecule has 0 saturated carbocycles. The molecule has 0 spiro atoms. The molecule has 1 saturated heterocycles. The monoisotopic (exact) mass is 395 g/mol. The van der Waals surface area contributed by atoms with Crippen molar-refractivity contribution in [1.29, 1.82) is 0 Å². The van der Waals surface area contributed by atoms with E-state index in [1.165, 1.54) is 26.2 Å². The van der Waals surface area contributed by atoms with Crippen LogP contribution in [0, 0.1) is 5.92 Å². The highest BCUT2D eigenvalue weighted by Crippen LogP contribution is 2.22. The van der Waals surface area contributed by atoms with Crippen LogP contribution in [0.4, 0.5) is 0 Å². The van der Waals surface area contributed by atoms with Crippen LogP contribution >= 0.6 is 0 Å². The molecule has 27 heavy (non-hydrogen) atoms. The van der Waals surface area contributed by atoms with Gasteiger partial charge < -0.3 is 9.80 Å². The largest absolute Gasteiger partial charge is 0.343 e. The van der Waals surface area contributed by atoms with Gasteiger partial charge >= 0.3 is 0 Å². The van der Waals surface area contributed by atoms with E-state index in [2.05, 4.69) is 0 Å². The average Bonchev–Trinajstić information content (AvgIpc) is 2.68. The zero-order valence-corrected chi connectivity index (χ0v) is 17.3. The van der Waals surface area contributed by atoms with Crippen LogP contribution < -0.4 is 0 Å². The van der Waals surface area contributed by atoms with Crippen molar-refractivity contribution in [2.75, 3.05) is 40.3 Å². The molecule has 0 radical (unpaired) electrons. The molecule has 0 aliphatic carbocycles. The number of carbonyl (C=O) groups is 2. The van der Waals surface area contributed by atoms with Gasteiger partial charge in [0.15, 0.2) is 0 Å². The van der Waals surface area contributed by atoms with E-state index in [1.807, 2.05) is 18.7 Å². The van der Waals surface area contributed by atoms with Crippen molar-refractivity contribution in [2.24, 2.45) is 5.92 Å². The molecule has 7 nitrogen and oxygen atoms in total. The molecule has 2 amide bonds. The zero-order chi connectivity index (χ0) is 20.2. The molecule has 1 aliphatic heterocycles. The summed E-state index contributed by atoms with van der Waals surface area (Å²) in [5.74, 6) is 0.0180. The predicted molar refractivity (Wildman–Crippen MR) is 104 cm³/mol. The summed E-state index contributed by atoms with van der Waals surface area (Å²) in [6.45, 7) is 6.43. The molecule has 1 aromatic rings. The molecule has 0 atom stereocenters. The lowest BCUT2D eigenvalue weighted by Gasteiger charge is -2.33. The highest BCUT2D eigenvalue weighted by Gasteiger charge is 2.30. The summed E-state index contributed by atoms with van der Waals surface area (Å²) < 4.78 is 25.4. The average molecular weight is 396 g/mol. The smallest absolute Gasteiger partial charge is 0.253 e. The summed E-state index contributed by atoms with van der Waals surface area (Å²) in [4.78, 5) is 28.9. The summed E-state index contributed by atoms with van der Waals surface area (Å²) in [5, 5.41) is 0. The van der Waals surface area contributed by atoms with Crippen LogP contribution in [0.3, 0.4) is 0 Å². The number of amides is 2. The second kappa shape index (κ2) is 8.84. The maximum atomic E-state index is 12.7. The Balaban J connectivity index is 2.01. The summed E-state index contributed by atoms with van der Waals surface area (Å²) in [7, 11) is -0.567. The Morgan fingerprint density at radius 1 is 1.04 bits per heavy atom. The second-order valence-corrected chi connectivity index (χ2v) is 9.04. The Kier molecular flexibility index (Phi) is 7.00. The number of piperidine rings is 1. The fraction of sp³-hybridized carbons (Fsp3) is 0.579. The number of nitrogens with zero attached hydrogens (tertiary/aromatic N) is 3. The van der Waals surface area contributed by atoms with Gasteiger partial charge in [0.05, 0.1) is 4.90 Å². The molecule has 150 valence electrons. The number of likely N-dealkylation sites (tertiary alicyclic amines) is 1. The summed E-state index contributed by atoms with van der Waals surface area (Å²) in [6.07, 6.45) is 1.32. The Hall–Kier alpha value is -1.93. The van der Waals surface area contributed by atoms with Crippen LogP contribution in [0.15, 0.2) is 29.2 Å². The van der Waals surface area contributed by atoms with Gasteiger partial charge in [-0.05, 0) is 51.0 Å². The van der Waals surface area contributed by atoms with Crippen LogP contribution in [0.5, 0.6) is 0 Å². The highest BCUT2D eigenvalue weighted by molar-refractivity contribution is 7.89. The van der Waals surface area contributed by atoms with E-state index in [0.717, 1.165) is 4.31 Å². The molecule has 1 aliphatic rings. The van der Waals surface area contributed by atoms with E-state index in [4.69, 9.17) is 0 Å². The Morgan fingerprint density at radius 2 is 1.56 bits per heavy atom. The van der Waals surface area contributed by atoms with Crippen molar-refractivity contribution in [3.8, 4) is 0 Å². The fourth-order valence-corrected chi connectivity index (χ4v) is 4.19. The van der Waals surface area contributed by atoms with E-state index in [0.29, 0.717) is 44.6 Å². The minimum atomic E-state index is -3.51. The number of hydrogen-bond acceptors (Lipinski definition) is 4. The van der Waals surface area contributed by atoms with Gasteiger partial charge in [0.2, 0.25) is 15.9 Å². The molecule has 1 fully saturated rings. The summed E-state index contributed by atoms with van der Waals surface area (Å²) >= 11 is 0. The van der Waals surface area contributed by atoms with Gasteiger partial charge in [-0.15, -0.1) is 0 Å². The van der Waals surface area contributed by atoms with E-state index in [1.54, 1.807) is 17.0 Å². The van der Waals surface area contributed by atoms with Crippen LogP contribution in [0.25, 0.3) is 0 Å². The van der Waals surface area contributed by atoms with Gasteiger partial charge in [0.25, 0.3) is 5.91 Å². The molecule has 8 heteroatoms. The van der Waals surface area contributed by atoms with Gasteiger partial charge in [-0.2, -0.15) is 0 Å². The Morgan fingerprint density at radius 3 is 2.00 bits per heavy atom. The maximum absolute atomic E-state index is 12.7. The third kappa shape index (κ3) is 4.68. The van der Waals surface area contributed by atoms with Crippen molar-refractivity contribution < 1.29 is 18.0 Å². The quantitative estimate of drug-likeness (QED) is 0.734. The molecule has 0 N–H and O–H groups in total. The standard InChI is InChI=1S/C19H29N3O4S/c1-5-21(6-2)18(23)16-11-13-22(14-12-16)19(24)15-7-9-17(10-8-15)27(25,26)20(3)4/h7-10,16H,5-6,11-14H2,1-4H3. The number of sulfonamides is 1. The first kappa shape index (κ1) is 21.4. The molecular formula is C19H29N3O4S. The van der Waals surface area contributed by atoms with Crippen molar-refractivity contribution in [2.45, 2.75) is 31.6 Å². The van der Waals surface area contributed by atoms with Gasteiger partial charge in [-0.1, -0.05) is 0 Å². The van der Waals surface area contributed by atoms with E-state index < -0.39 is 10.0 Å². The van der Waals surface area contributed by atoms with Crippen LogP contribution in [-0.4, -0.2) is 74.6 Å². The molecule has 0 unspecified atom stereocenters. The normalized spacial score (nSPS) is 15.8. The molecular weight excluding hydrogens is 366 g/mol. The van der Waals surface area contributed by atoms with Crippen LogP contribution in [0.2, 0.25) is 0 Å². The first-order valence-electron chi connectivity index (χ1n) is 9.33. The number of benzene rings is 1. The third-order valence-electron chi connectivity index (χ3n) is 5.09. The maximum Gasteiger partial charge on any atom is 0.253 e. The summed E-state index contributed by atoms with van der Waals surface area (Å²) in [6, 6.07) is 6.01. The van der Waals surface area contributed by atoms with Crippen LogP contribution in [-0.2, 0) is 14.8 Å². The van der Waals surface area contributed by atoms with E-state index in [-0.39, 0.29) is 22.6 Å². The molecule has 1 aromatic carbocycles. The van der Waals surface area contributed by atoms with Crippen molar-refractivity contribution in [3.05, 3.63) is 29.8 Å². The first-order chi connectivity index (χ1) is 12.7. The molecule has 0 bridgehead atoms. The third-order valence-corrected chi connectivity index (χ3v) is 6.92. The fourth-order valence-electron chi connectivity index (χ4n) is 3.29. The van der Waals surface area contributed by atoms with Gasteiger partial charge in [-0.3, -0.25) is 9.59 Å². The van der Waals surface area contributed by atoms with Crippen molar-refractivity contribution in [1.82, 2.24) is 14.1 Å².